The lowest BCUT2D eigenvalue weighted by atomic mass is 9.96. The van der Waals surface area contributed by atoms with Gasteiger partial charge in [0, 0.05) is 13.5 Å². The average Bonchev–Trinajstić information content (AvgIpc) is 3.06. The summed E-state index contributed by atoms with van der Waals surface area (Å²) >= 11 is 5.56. The first kappa shape index (κ1) is 23.1. The predicted molar refractivity (Wildman–Crippen MR) is 113 cm³/mol. The van der Waals surface area contributed by atoms with Crippen LogP contribution in [0.1, 0.15) is 19.0 Å². The van der Waals surface area contributed by atoms with Gasteiger partial charge in [0.25, 0.3) is 0 Å². The van der Waals surface area contributed by atoms with Crippen LogP contribution in [0.2, 0.25) is 0 Å². The summed E-state index contributed by atoms with van der Waals surface area (Å²) in [5.41, 5.74) is 0. The van der Waals surface area contributed by atoms with Gasteiger partial charge in [0.05, 0.1) is 6.61 Å². The normalized spacial score (nSPS) is 25.7. The van der Waals surface area contributed by atoms with Crippen molar-refractivity contribution >= 4 is 18.1 Å². The summed E-state index contributed by atoms with van der Waals surface area (Å²) in [4.78, 5) is 11.7. The van der Waals surface area contributed by atoms with E-state index in [1.165, 1.54) is 11.6 Å². The molecule has 4 N–H and O–H groups in total. The van der Waals surface area contributed by atoms with Crippen LogP contribution in [0.4, 0.5) is 0 Å². The first-order valence-electron chi connectivity index (χ1n) is 9.73. The molecule has 0 saturated carbocycles. The zero-order valence-corrected chi connectivity index (χ0v) is 17.8. The third-order valence-corrected chi connectivity index (χ3v) is 5.30. The van der Waals surface area contributed by atoms with Gasteiger partial charge in [-0.25, -0.2) is 4.68 Å². The summed E-state index contributed by atoms with van der Waals surface area (Å²) in [5.74, 6) is 0.689. The van der Waals surface area contributed by atoms with Gasteiger partial charge >= 0.3 is 0 Å². The molecule has 1 aliphatic rings. The Labute approximate surface area is 184 Å². The molecule has 5 atom stereocenters. The smallest absolute Gasteiger partial charge is 0.217 e. The molecule has 0 radical (unpaired) electrons. The molecular formula is C20H26N4O6S. The van der Waals surface area contributed by atoms with Crippen molar-refractivity contribution in [2.45, 2.75) is 50.7 Å². The van der Waals surface area contributed by atoms with E-state index < -0.39 is 43.1 Å². The molecule has 1 amide bonds. The number of hydrogen-bond donors (Lipinski definition) is 4. The lowest BCUT2D eigenvalue weighted by Crippen LogP contribution is -2.62. The van der Waals surface area contributed by atoms with Crippen molar-refractivity contribution < 1.29 is 29.6 Å². The Kier molecular flexibility index (Phi) is 7.57. The number of ether oxygens (including phenoxy) is 2. The Balaban J connectivity index is 1.97. The van der Waals surface area contributed by atoms with E-state index in [1.807, 2.05) is 30.3 Å². The molecular weight excluding hydrogens is 424 g/mol. The minimum atomic E-state index is -1.41. The van der Waals surface area contributed by atoms with Crippen molar-refractivity contribution in [2.75, 3.05) is 6.61 Å². The van der Waals surface area contributed by atoms with Crippen LogP contribution in [0.5, 0.6) is 5.75 Å². The van der Waals surface area contributed by atoms with Gasteiger partial charge in [-0.2, -0.15) is 5.10 Å². The second-order valence-electron chi connectivity index (χ2n) is 7.10. The lowest BCUT2D eigenvalue weighted by Gasteiger charge is -2.42. The summed E-state index contributed by atoms with van der Waals surface area (Å²) in [6.45, 7) is 4.93. The van der Waals surface area contributed by atoms with Gasteiger partial charge in [-0.15, -0.1) is 6.58 Å². The molecule has 0 spiro atoms. The molecule has 1 fully saturated rings. The maximum Gasteiger partial charge on any atom is 0.217 e. The van der Waals surface area contributed by atoms with Crippen LogP contribution in [0, 0.1) is 4.77 Å². The topological polar surface area (TPSA) is 131 Å². The van der Waals surface area contributed by atoms with E-state index in [-0.39, 0.29) is 11.4 Å². The van der Waals surface area contributed by atoms with Gasteiger partial charge in [-0.3, -0.25) is 9.36 Å². The standard InChI is InChI=1S/C20H26N4O6S/c1-3-9-23-15(11-29-13-7-5-4-6-8-13)22-24(20(23)31)19-16(21-12(2)26)18(28)17(27)14(10-25)30-19/h3-8,14,16-19,25,27-28H,1,9-11H2,2H3,(H,21,26)/t14-,16-,17-,18-,19-/m1/s1. The summed E-state index contributed by atoms with van der Waals surface area (Å²) in [5, 5.41) is 37.4. The van der Waals surface area contributed by atoms with E-state index in [4.69, 9.17) is 21.7 Å². The lowest BCUT2D eigenvalue weighted by molar-refractivity contribution is -0.219. The summed E-state index contributed by atoms with van der Waals surface area (Å²) in [6.07, 6.45) is -3.30. The summed E-state index contributed by atoms with van der Waals surface area (Å²) < 4.78 is 14.8. The highest BCUT2D eigenvalue weighted by Gasteiger charge is 2.46. The molecule has 2 aromatic rings. The zero-order chi connectivity index (χ0) is 22.5. The molecule has 10 nitrogen and oxygen atoms in total. The van der Waals surface area contributed by atoms with Crippen LogP contribution in [0.25, 0.3) is 0 Å². The predicted octanol–water partition coefficient (Wildman–Crippen LogP) is 0.295. The van der Waals surface area contributed by atoms with Gasteiger partial charge in [0.1, 0.15) is 36.7 Å². The van der Waals surface area contributed by atoms with Crippen LogP contribution in [0.3, 0.4) is 0 Å². The van der Waals surface area contributed by atoms with E-state index in [2.05, 4.69) is 17.0 Å². The molecule has 2 heterocycles. The number of nitrogens with one attached hydrogen (secondary N) is 1. The Bertz CT molecular complexity index is 962. The van der Waals surface area contributed by atoms with Crippen LogP contribution >= 0.6 is 12.2 Å². The van der Waals surface area contributed by atoms with Gasteiger partial charge < -0.3 is 30.1 Å². The highest BCUT2D eigenvalue weighted by molar-refractivity contribution is 7.71. The van der Waals surface area contributed by atoms with Gasteiger partial charge in [0.15, 0.2) is 12.1 Å². The highest BCUT2D eigenvalue weighted by atomic mass is 32.1. The van der Waals surface area contributed by atoms with E-state index in [0.717, 1.165) is 0 Å². The Hall–Kier alpha value is -2.57. The number of carbonyl (C=O) groups is 1. The second kappa shape index (κ2) is 10.2. The SMILES string of the molecule is C=CCn1c(COc2ccccc2)nn([C@@H]2O[C@H](CO)[C@@H](O)[C@H](O)[C@H]2NC(C)=O)c1=S. The molecule has 0 aliphatic carbocycles. The molecule has 1 saturated heterocycles. The van der Waals surface area contributed by atoms with Crippen LogP contribution in [0.15, 0.2) is 43.0 Å². The number of para-hydroxylation sites is 1. The Morgan fingerprint density at radius 3 is 2.68 bits per heavy atom. The van der Waals surface area contributed by atoms with E-state index in [1.54, 1.807) is 10.6 Å². The van der Waals surface area contributed by atoms with Crippen molar-refractivity contribution in [1.29, 1.82) is 0 Å². The number of aromatic nitrogens is 3. The minimum Gasteiger partial charge on any atom is -0.486 e. The van der Waals surface area contributed by atoms with Crippen molar-refractivity contribution in [3.63, 3.8) is 0 Å². The molecule has 3 rings (SSSR count). The molecule has 1 aliphatic heterocycles. The molecule has 11 heteroatoms. The molecule has 31 heavy (non-hydrogen) atoms. The number of hydrogen-bond acceptors (Lipinski definition) is 8. The van der Waals surface area contributed by atoms with Gasteiger partial charge in [-0.1, -0.05) is 24.3 Å². The largest absolute Gasteiger partial charge is 0.486 e. The van der Waals surface area contributed by atoms with Crippen molar-refractivity contribution in [2.24, 2.45) is 0 Å². The van der Waals surface area contributed by atoms with Crippen LogP contribution in [-0.2, 0) is 22.7 Å². The van der Waals surface area contributed by atoms with Gasteiger partial charge in [-0.05, 0) is 24.4 Å². The first-order valence-corrected chi connectivity index (χ1v) is 10.1. The summed E-state index contributed by atoms with van der Waals surface area (Å²) in [6, 6.07) is 8.14. The number of benzene rings is 1. The molecule has 1 aromatic carbocycles. The number of carbonyl (C=O) groups excluding carboxylic acids is 1. The number of aliphatic hydroxyl groups is 3. The maximum atomic E-state index is 11.7. The number of rotatable bonds is 8. The third kappa shape index (κ3) is 5.02. The third-order valence-electron chi connectivity index (χ3n) is 4.90. The zero-order valence-electron chi connectivity index (χ0n) is 17.0. The average molecular weight is 451 g/mol. The number of aliphatic hydroxyl groups excluding tert-OH is 3. The molecule has 0 unspecified atom stereocenters. The van der Waals surface area contributed by atoms with Crippen molar-refractivity contribution in [3.8, 4) is 5.75 Å². The van der Waals surface area contributed by atoms with Gasteiger partial charge in [0.2, 0.25) is 10.7 Å². The maximum absolute atomic E-state index is 11.7. The Morgan fingerprint density at radius 2 is 2.06 bits per heavy atom. The highest BCUT2D eigenvalue weighted by Crippen LogP contribution is 2.29. The van der Waals surface area contributed by atoms with Crippen molar-refractivity contribution in [3.05, 3.63) is 53.6 Å². The minimum absolute atomic E-state index is 0.0978. The first-order chi connectivity index (χ1) is 14.9. The van der Waals surface area contributed by atoms with Crippen molar-refractivity contribution in [1.82, 2.24) is 19.7 Å². The quantitative estimate of drug-likeness (QED) is 0.334. The fourth-order valence-corrected chi connectivity index (χ4v) is 3.73. The molecule has 168 valence electrons. The number of amides is 1. The summed E-state index contributed by atoms with van der Waals surface area (Å²) in [7, 11) is 0. The molecule has 0 bridgehead atoms. The monoisotopic (exact) mass is 450 g/mol. The van der Waals surface area contributed by atoms with E-state index >= 15 is 0 Å². The fourth-order valence-electron chi connectivity index (χ4n) is 3.40. The van der Waals surface area contributed by atoms with Crippen LogP contribution in [-0.4, -0.2) is 66.5 Å². The van der Waals surface area contributed by atoms with Crippen LogP contribution < -0.4 is 10.1 Å². The van der Waals surface area contributed by atoms with E-state index in [9.17, 15) is 20.1 Å². The number of allylic oxidation sites excluding steroid dienone is 1. The molecule has 1 aromatic heterocycles. The Morgan fingerprint density at radius 1 is 1.35 bits per heavy atom. The fraction of sp³-hybridized carbons (Fsp3) is 0.450. The van der Waals surface area contributed by atoms with E-state index in [0.29, 0.717) is 18.1 Å². The number of nitrogens with zero attached hydrogens (tertiary/aromatic N) is 3. The second-order valence-corrected chi connectivity index (χ2v) is 7.46.